The van der Waals surface area contributed by atoms with E-state index in [2.05, 4.69) is 45.1 Å². The zero-order chi connectivity index (χ0) is 27.7. The lowest BCUT2D eigenvalue weighted by Gasteiger charge is -2.41. The first kappa shape index (κ1) is 27.4. The van der Waals surface area contributed by atoms with Crippen LogP contribution in [0, 0.1) is 16.7 Å². The van der Waals surface area contributed by atoms with Crippen LogP contribution in [0.15, 0.2) is 42.5 Å². The van der Waals surface area contributed by atoms with E-state index in [1.54, 1.807) is 0 Å². The fraction of sp³-hybridized carbons (Fsp3) is 0.562. The van der Waals surface area contributed by atoms with E-state index in [1.807, 2.05) is 35.2 Å². The Bertz CT molecular complexity index is 1240. The third-order valence-electron chi connectivity index (χ3n) is 9.90. The molecule has 0 bridgehead atoms. The van der Waals surface area contributed by atoms with Gasteiger partial charge in [-0.25, -0.2) is 0 Å². The molecule has 4 saturated heterocycles. The van der Waals surface area contributed by atoms with E-state index >= 15 is 0 Å². The summed E-state index contributed by atoms with van der Waals surface area (Å²) in [4.78, 5) is 22.8. The van der Waals surface area contributed by atoms with E-state index < -0.39 is 0 Å². The number of hydrogen-bond donors (Lipinski definition) is 1. The number of carbonyl (C=O) groups is 1. The van der Waals surface area contributed by atoms with Crippen molar-refractivity contribution in [2.75, 3.05) is 68.7 Å². The molecule has 0 saturated carbocycles. The summed E-state index contributed by atoms with van der Waals surface area (Å²) in [6.07, 6.45) is 5.92. The second-order valence-electron chi connectivity index (χ2n) is 12.3. The van der Waals surface area contributed by atoms with Crippen LogP contribution in [0.1, 0.15) is 54.9 Å². The molecule has 2 aromatic carbocycles. The largest absolute Gasteiger partial charge is 0.371 e. The molecule has 4 heterocycles. The van der Waals surface area contributed by atoms with Crippen LogP contribution in [0.3, 0.4) is 0 Å². The highest BCUT2D eigenvalue weighted by Gasteiger charge is 2.44. The lowest BCUT2D eigenvalue weighted by atomic mass is 9.76. The van der Waals surface area contributed by atoms with E-state index in [4.69, 9.17) is 11.6 Å². The molecule has 6 rings (SSSR count). The number of halogens is 1. The maximum absolute atomic E-state index is 13.2. The summed E-state index contributed by atoms with van der Waals surface area (Å²) in [5, 5.41) is 13.2. The van der Waals surface area contributed by atoms with Crippen molar-refractivity contribution in [1.82, 2.24) is 15.1 Å². The number of piperazine rings is 1. The summed E-state index contributed by atoms with van der Waals surface area (Å²) in [6.45, 7) is 11.2. The number of nitriles is 1. The maximum Gasteiger partial charge on any atom is 0.253 e. The van der Waals surface area contributed by atoms with Gasteiger partial charge in [0.2, 0.25) is 0 Å². The standard InChI is InChI=1S/C32H41ClN6O/c1-24-21-32(23-39(24)29-7-4-26(22-34)30(33)20-29)10-14-36(15-11-32)27-5-2-25(3-6-27)31(40)38-18-16-37(17-19-38)28-8-12-35-13-9-28/h2-7,20,24,28,35H,8-19,21,23H2,1H3. The number of carbonyl (C=O) groups excluding carboxylic acids is 1. The molecule has 1 N–H and O–H groups in total. The first-order valence-corrected chi connectivity index (χ1v) is 15.4. The molecule has 8 heteroatoms. The van der Waals surface area contributed by atoms with Crippen molar-refractivity contribution in [2.45, 2.75) is 51.1 Å². The molecular weight excluding hydrogens is 520 g/mol. The van der Waals surface area contributed by atoms with E-state index in [9.17, 15) is 10.1 Å². The van der Waals surface area contributed by atoms with Crippen LogP contribution < -0.4 is 15.1 Å². The van der Waals surface area contributed by atoms with Crippen molar-refractivity contribution >= 4 is 28.9 Å². The molecule has 0 radical (unpaired) electrons. The van der Waals surface area contributed by atoms with Gasteiger partial charge in [0.25, 0.3) is 5.91 Å². The fourth-order valence-corrected chi connectivity index (χ4v) is 7.72. The van der Waals surface area contributed by atoms with Crippen LogP contribution in [-0.4, -0.2) is 86.7 Å². The number of anilines is 2. The lowest BCUT2D eigenvalue weighted by Crippen LogP contribution is -2.53. The fourth-order valence-electron chi connectivity index (χ4n) is 7.50. The number of nitrogens with zero attached hydrogens (tertiary/aromatic N) is 5. The zero-order valence-electron chi connectivity index (χ0n) is 23.6. The van der Waals surface area contributed by atoms with Gasteiger partial charge >= 0.3 is 0 Å². The second kappa shape index (κ2) is 11.6. The summed E-state index contributed by atoms with van der Waals surface area (Å²) in [5.41, 5.74) is 3.97. The molecule has 0 aliphatic carbocycles. The van der Waals surface area contributed by atoms with Crippen LogP contribution >= 0.6 is 11.6 Å². The molecule has 4 aliphatic heterocycles. The molecule has 40 heavy (non-hydrogen) atoms. The predicted molar refractivity (Wildman–Crippen MR) is 161 cm³/mol. The van der Waals surface area contributed by atoms with Crippen molar-refractivity contribution in [1.29, 1.82) is 5.26 Å². The molecule has 1 amide bonds. The van der Waals surface area contributed by atoms with E-state index in [1.165, 1.54) is 24.9 Å². The Hall–Kier alpha value is -2.79. The minimum atomic E-state index is 0.164. The van der Waals surface area contributed by atoms with Gasteiger partial charge in [0, 0.05) is 74.8 Å². The minimum Gasteiger partial charge on any atom is -0.371 e. The summed E-state index contributed by atoms with van der Waals surface area (Å²) >= 11 is 6.35. The smallest absolute Gasteiger partial charge is 0.253 e. The van der Waals surface area contributed by atoms with Gasteiger partial charge in [0.1, 0.15) is 6.07 Å². The third kappa shape index (κ3) is 5.54. The Kier molecular flexibility index (Phi) is 7.94. The molecule has 4 aliphatic rings. The first-order chi connectivity index (χ1) is 19.4. The van der Waals surface area contributed by atoms with Gasteiger partial charge in [-0.15, -0.1) is 0 Å². The molecule has 7 nitrogen and oxygen atoms in total. The van der Waals surface area contributed by atoms with Crippen LogP contribution in [0.5, 0.6) is 0 Å². The number of hydrogen-bond acceptors (Lipinski definition) is 6. The Morgan fingerprint density at radius 1 is 0.975 bits per heavy atom. The number of rotatable bonds is 4. The highest BCUT2D eigenvalue weighted by atomic mass is 35.5. The van der Waals surface area contributed by atoms with Gasteiger partial charge in [-0.05, 0) is 100.0 Å². The van der Waals surface area contributed by atoms with E-state index in [0.717, 1.165) is 83.0 Å². The summed E-state index contributed by atoms with van der Waals surface area (Å²) in [5.74, 6) is 0.164. The molecule has 4 fully saturated rings. The van der Waals surface area contributed by atoms with Crippen LogP contribution in [0.25, 0.3) is 0 Å². The maximum atomic E-state index is 13.2. The molecular formula is C32H41ClN6O. The highest BCUT2D eigenvalue weighted by molar-refractivity contribution is 6.32. The van der Waals surface area contributed by atoms with E-state index in [-0.39, 0.29) is 5.91 Å². The SMILES string of the molecule is CC1CC2(CCN(c3ccc(C(=O)N4CCN(C5CCNCC5)CC4)cc3)CC2)CN1c1ccc(C#N)c(Cl)c1. The van der Waals surface area contributed by atoms with Gasteiger partial charge in [-0.2, -0.15) is 5.26 Å². The van der Waals surface area contributed by atoms with E-state index in [0.29, 0.717) is 28.1 Å². The predicted octanol–water partition coefficient (Wildman–Crippen LogP) is 4.61. The van der Waals surface area contributed by atoms with Crippen molar-refractivity contribution in [2.24, 2.45) is 5.41 Å². The molecule has 212 valence electrons. The van der Waals surface area contributed by atoms with Crippen molar-refractivity contribution in [3.63, 3.8) is 0 Å². The Labute approximate surface area is 243 Å². The number of benzene rings is 2. The van der Waals surface area contributed by atoms with Crippen LogP contribution in [0.2, 0.25) is 5.02 Å². The quantitative estimate of drug-likeness (QED) is 0.589. The van der Waals surface area contributed by atoms with Gasteiger partial charge in [-0.3, -0.25) is 9.69 Å². The van der Waals surface area contributed by atoms with Crippen LogP contribution in [0.4, 0.5) is 11.4 Å². The Balaban J connectivity index is 1.02. The van der Waals surface area contributed by atoms with Crippen molar-refractivity contribution in [3.8, 4) is 6.07 Å². The second-order valence-corrected chi connectivity index (χ2v) is 12.7. The van der Waals surface area contributed by atoms with Gasteiger partial charge in [0.05, 0.1) is 10.6 Å². The molecule has 0 aromatic heterocycles. The van der Waals surface area contributed by atoms with Crippen LogP contribution in [-0.2, 0) is 0 Å². The number of piperidine rings is 2. The Morgan fingerprint density at radius 3 is 2.30 bits per heavy atom. The number of nitrogens with one attached hydrogen (secondary N) is 1. The average Bonchev–Trinajstić information content (AvgIpc) is 3.32. The molecule has 1 unspecified atom stereocenters. The Morgan fingerprint density at radius 2 is 1.65 bits per heavy atom. The first-order valence-electron chi connectivity index (χ1n) is 15.0. The summed E-state index contributed by atoms with van der Waals surface area (Å²) < 4.78 is 0. The zero-order valence-corrected chi connectivity index (χ0v) is 24.4. The molecule has 1 spiro atoms. The monoisotopic (exact) mass is 560 g/mol. The van der Waals surface area contributed by atoms with Gasteiger partial charge in [-0.1, -0.05) is 11.6 Å². The highest BCUT2D eigenvalue weighted by Crippen LogP contribution is 2.46. The summed E-state index contributed by atoms with van der Waals surface area (Å²) in [6, 6.07) is 17.4. The molecule has 2 aromatic rings. The van der Waals surface area contributed by atoms with Crippen molar-refractivity contribution < 1.29 is 4.79 Å². The third-order valence-corrected chi connectivity index (χ3v) is 10.2. The molecule has 1 atom stereocenters. The lowest BCUT2D eigenvalue weighted by molar-refractivity contribution is 0.0532. The van der Waals surface area contributed by atoms with Gasteiger partial charge in [0.15, 0.2) is 0 Å². The van der Waals surface area contributed by atoms with Gasteiger partial charge < -0.3 is 20.0 Å². The normalized spacial score (nSPS) is 23.9. The number of amides is 1. The minimum absolute atomic E-state index is 0.164. The topological polar surface area (TPSA) is 65.9 Å². The summed E-state index contributed by atoms with van der Waals surface area (Å²) in [7, 11) is 0. The van der Waals surface area contributed by atoms with Crippen molar-refractivity contribution in [3.05, 3.63) is 58.6 Å². The average molecular weight is 561 g/mol.